The molecule has 7 nitrogen and oxygen atoms in total. The van der Waals surface area contributed by atoms with Crippen LogP contribution in [0.3, 0.4) is 0 Å². The number of hydrogen-bond acceptors (Lipinski definition) is 6. The second kappa shape index (κ2) is 10.9. The number of rotatable bonds is 8. The number of methoxy groups -OCH3 is 1. The molecular weight excluding hydrogens is 480 g/mol. The van der Waals surface area contributed by atoms with Crippen LogP contribution in [-0.4, -0.2) is 47.6 Å². The SMILES string of the molecule is COC(=O)N[C@@H](Cc1cc(F)cc(F)c1)[C@H](O)CN[C@H]1CC2(CCC2)Oc2ncc(CC(C)(C)C)cc21. The summed E-state index contributed by atoms with van der Waals surface area (Å²) in [5, 5.41) is 17.1. The molecule has 4 rings (SSSR count). The number of alkyl carbamates (subject to hydrolysis) is 1. The molecule has 0 unspecified atom stereocenters. The third kappa shape index (κ3) is 6.96. The maximum atomic E-state index is 13.7. The Kier molecular flexibility index (Phi) is 8.04. The summed E-state index contributed by atoms with van der Waals surface area (Å²) >= 11 is 0. The number of aromatic nitrogens is 1. The number of aliphatic hydroxyl groups is 1. The number of nitrogens with zero attached hydrogens (tertiary/aromatic N) is 1. The number of ether oxygens (including phenoxy) is 2. The van der Waals surface area contributed by atoms with Gasteiger partial charge in [0.15, 0.2) is 0 Å². The Bertz CT molecular complexity index is 1100. The molecule has 0 bridgehead atoms. The van der Waals surface area contributed by atoms with Crippen LogP contribution in [0.2, 0.25) is 0 Å². The fraction of sp³-hybridized carbons (Fsp3) is 0.571. The molecule has 1 aliphatic heterocycles. The lowest BCUT2D eigenvalue weighted by molar-refractivity contribution is -0.0421. The van der Waals surface area contributed by atoms with E-state index in [9.17, 15) is 18.7 Å². The highest BCUT2D eigenvalue weighted by atomic mass is 19.1. The van der Waals surface area contributed by atoms with Crippen molar-refractivity contribution in [2.45, 2.75) is 83.1 Å². The second-order valence-corrected chi connectivity index (χ2v) is 11.6. The van der Waals surface area contributed by atoms with Crippen LogP contribution in [0.5, 0.6) is 5.88 Å². The smallest absolute Gasteiger partial charge is 0.407 e. The van der Waals surface area contributed by atoms with Crippen LogP contribution in [-0.2, 0) is 17.6 Å². The third-order valence-electron chi connectivity index (χ3n) is 7.10. The van der Waals surface area contributed by atoms with Crippen molar-refractivity contribution in [3.8, 4) is 5.88 Å². The Balaban J connectivity index is 1.52. The topological polar surface area (TPSA) is 92.7 Å². The van der Waals surface area contributed by atoms with Gasteiger partial charge in [-0.3, -0.25) is 0 Å². The molecule has 3 atom stereocenters. The number of nitrogens with one attached hydrogen (secondary N) is 2. The molecule has 0 radical (unpaired) electrons. The molecule has 9 heteroatoms. The Labute approximate surface area is 217 Å². The van der Waals surface area contributed by atoms with Crippen molar-refractivity contribution in [2.75, 3.05) is 13.7 Å². The van der Waals surface area contributed by atoms with E-state index < -0.39 is 29.9 Å². The summed E-state index contributed by atoms with van der Waals surface area (Å²) in [5.74, 6) is -0.819. The van der Waals surface area contributed by atoms with Gasteiger partial charge >= 0.3 is 6.09 Å². The van der Waals surface area contributed by atoms with Gasteiger partial charge in [0.1, 0.15) is 17.2 Å². The van der Waals surface area contributed by atoms with E-state index in [0.717, 1.165) is 49.3 Å². The van der Waals surface area contributed by atoms with Gasteiger partial charge in [-0.05, 0) is 66.8 Å². The summed E-state index contributed by atoms with van der Waals surface area (Å²) in [5.41, 5.74) is 2.24. The van der Waals surface area contributed by atoms with Crippen LogP contribution >= 0.6 is 0 Å². The number of fused-ring (bicyclic) bond motifs is 1. The zero-order valence-corrected chi connectivity index (χ0v) is 21.9. The Morgan fingerprint density at radius 1 is 1.22 bits per heavy atom. The van der Waals surface area contributed by atoms with Crippen LogP contribution < -0.4 is 15.4 Å². The summed E-state index contributed by atoms with van der Waals surface area (Å²) in [6, 6.07) is 4.35. The molecule has 1 aromatic heterocycles. The highest BCUT2D eigenvalue weighted by Gasteiger charge is 2.46. The highest BCUT2D eigenvalue weighted by molar-refractivity contribution is 5.67. The fourth-order valence-corrected chi connectivity index (χ4v) is 5.23. The lowest BCUT2D eigenvalue weighted by Gasteiger charge is -2.47. The maximum Gasteiger partial charge on any atom is 0.407 e. The van der Waals surface area contributed by atoms with Crippen LogP contribution in [0, 0.1) is 17.0 Å². The van der Waals surface area contributed by atoms with Gasteiger partial charge in [-0.15, -0.1) is 0 Å². The van der Waals surface area contributed by atoms with Gasteiger partial charge in [0.2, 0.25) is 5.88 Å². The lowest BCUT2D eigenvalue weighted by atomic mass is 9.73. The number of pyridine rings is 1. The zero-order chi connectivity index (χ0) is 26.8. The number of benzene rings is 1. The summed E-state index contributed by atoms with van der Waals surface area (Å²) < 4.78 is 38.5. The quantitative estimate of drug-likeness (QED) is 0.474. The van der Waals surface area contributed by atoms with Crippen LogP contribution in [0.15, 0.2) is 30.5 Å². The summed E-state index contributed by atoms with van der Waals surface area (Å²) in [4.78, 5) is 16.6. The Morgan fingerprint density at radius 2 is 1.92 bits per heavy atom. The maximum absolute atomic E-state index is 13.7. The predicted octanol–water partition coefficient (Wildman–Crippen LogP) is 4.61. The summed E-state index contributed by atoms with van der Waals surface area (Å²) in [6.45, 7) is 6.67. The number of carbonyl (C=O) groups excluding carboxylic acids is 1. The normalized spacial score (nSPS) is 19.8. The minimum absolute atomic E-state index is 0.0260. The van der Waals surface area contributed by atoms with Gasteiger partial charge in [-0.1, -0.05) is 20.8 Å². The van der Waals surface area contributed by atoms with Crippen molar-refractivity contribution in [1.29, 1.82) is 0 Å². The molecule has 1 aromatic carbocycles. The van der Waals surface area contributed by atoms with E-state index in [1.807, 2.05) is 6.20 Å². The van der Waals surface area contributed by atoms with Gasteiger partial charge in [-0.25, -0.2) is 18.6 Å². The van der Waals surface area contributed by atoms with Gasteiger partial charge in [0.05, 0.1) is 19.3 Å². The van der Waals surface area contributed by atoms with Crippen LogP contribution in [0.4, 0.5) is 13.6 Å². The number of carbonyl (C=O) groups is 1. The van der Waals surface area contributed by atoms with E-state index in [-0.39, 0.29) is 30.0 Å². The van der Waals surface area contributed by atoms with Crippen molar-refractivity contribution >= 4 is 6.09 Å². The molecule has 1 fully saturated rings. The molecule has 37 heavy (non-hydrogen) atoms. The van der Waals surface area contributed by atoms with E-state index in [0.29, 0.717) is 11.4 Å². The molecule has 1 spiro atoms. The van der Waals surface area contributed by atoms with E-state index in [1.54, 1.807) is 0 Å². The molecule has 2 aromatic rings. The first-order chi connectivity index (χ1) is 17.4. The minimum atomic E-state index is -1.06. The van der Waals surface area contributed by atoms with Crippen molar-refractivity contribution in [1.82, 2.24) is 15.6 Å². The van der Waals surface area contributed by atoms with Crippen molar-refractivity contribution in [3.63, 3.8) is 0 Å². The third-order valence-corrected chi connectivity index (χ3v) is 7.10. The number of amides is 1. The lowest BCUT2D eigenvalue weighted by Crippen LogP contribution is -2.52. The van der Waals surface area contributed by atoms with Gasteiger partial charge in [-0.2, -0.15) is 0 Å². The van der Waals surface area contributed by atoms with Crippen molar-refractivity contribution < 1.29 is 28.2 Å². The van der Waals surface area contributed by atoms with E-state index in [4.69, 9.17) is 9.47 Å². The molecule has 202 valence electrons. The van der Waals surface area contributed by atoms with Crippen molar-refractivity contribution in [3.05, 3.63) is 58.8 Å². The first kappa shape index (κ1) is 27.3. The molecule has 1 amide bonds. The molecule has 1 saturated carbocycles. The van der Waals surface area contributed by atoms with Gasteiger partial charge in [0, 0.05) is 36.8 Å². The average Bonchev–Trinajstić information content (AvgIpc) is 2.79. The molecule has 2 heterocycles. The minimum Gasteiger partial charge on any atom is -0.471 e. The first-order valence-electron chi connectivity index (χ1n) is 12.8. The summed E-state index contributed by atoms with van der Waals surface area (Å²) in [7, 11) is 1.22. The largest absolute Gasteiger partial charge is 0.471 e. The molecule has 0 saturated heterocycles. The fourth-order valence-electron chi connectivity index (χ4n) is 5.23. The molecule has 3 N–H and O–H groups in total. The van der Waals surface area contributed by atoms with E-state index in [1.165, 1.54) is 19.2 Å². The predicted molar refractivity (Wildman–Crippen MR) is 135 cm³/mol. The number of halogens is 2. The van der Waals surface area contributed by atoms with E-state index >= 15 is 0 Å². The zero-order valence-electron chi connectivity index (χ0n) is 21.9. The number of aliphatic hydroxyl groups excluding tert-OH is 1. The van der Waals surface area contributed by atoms with Crippen molar-refractivity contribution in [2.24, 2.45) is 5.41 Å². The molecular formula is C28H37F2N3O4. The second-order valence-electron chi connectivity index (χ2n) is 11.6. The average molecular weight is 518 g/mol. The van der Waals surface area contributed by atoms with Crippen LogP contribution in [0.25, 0.3) is 0 Å². The monoisotopic (exact) mass is 517 g/mol. The Hall–Kier alpha value is -2.78. The van der Waals surface area contributed by atoms with Gasteiger partial charge < -0.3 is 25.2 Å². The molecule has 1 aliphatic carbocycles. The first-order valence-corrected chi connectivity index (χ1v) is 12.8. The van der Waals surface area contributed by atoms with Gasteiger partial charge in [0.25, 0.3) is 0 Å². The summed E-state index contributed by atoms with van der Waals surface area (Å²) in [6.07, 6.45) is 4.73. The molecule has 2 aliphatic rings. The highest BCUT2D eigenvalue weighted by Crippen LogP contribution is 2.48. The standard InChI is InChI=1S/C28H37F2N3O4/c1-27(2,3)13-18-10-21-23(14-28(6-5-7-28)37-25(21)32-15-18)31-16-24(34)22(33-26(35)36-4)11-17-8-19(29)12-20(30)9-17/h8-10,12,15,22-24,31,34H,5-7,11,13-14,16H2,1-4H3,(H,33,35)/t22-,23-,24+/m0/s1. The number of hydrogen-bond donors (Lipinski definition) is 3. The van der Waals surface area contributed by atoms with E-state index in [2.05, 4.69) is 42.5 Å². The Morgan fingerprint density at radius 3 is 2.51 bits per heavy atom. The van der Waals surface area contributed by atoms with Crippen LogP contribution in [0.1, 0.15) is 69.2 Å².